The molecule has 1 saturated carbocycles. The Morgan fingerprint density at radius 2 is 1.74 bits per heavy atom. The molecule has 2 aromatic carbocycles. The molecule has 1 aliphatic heterocycles. The summed E-state index contributed by atoms with van der Waals surface area (Å²) >= 11 is 0. The van der Waals surface area contributed by atoms with Crippen molar-refractivity contribution in [3.63, 3.8) is 0 Å². The van der Waals surface area contributed by atoms with Gasteiger partial charge in [0.1, 0.15) is 11.6 Å². The number of hydrogen-bond acceptors (Lipinski definition) is 6. The molecule has 9 heteroatoms. The number of imidazole rings is 1. The van der Waals surface area contributed by atoms with Gasteiger partial charge in [0.25, 0.3) is 0 Å². The molecule has 1 saturated heterocycles. The van der Waals surface area contributed by atoms with Gasteiger partial charge in [0.15, 0.2) is 5.78 Å². The molecule has 8 nitrogen and oxygen atoms in total. The van der Waals surface area contributed by atoms with Crippen LogP contribution in [0.15, 0.2) is 48.5 Å². The largest absolute Gasteiger partial charge is 0.494 e. The monoisotopic (exact) mass is 531 g/mol. The van der Waals surface area contributed by atoms with E-state index in [2.05, 4.69) is 10.3 Å². The molecule has 2 N–H and O–H groups in total. The molecule has 1 unspecified atom stereocenters. The highest BCUT2D eigenvalue weighted by molar-refractivity contribution is 6.62. The highest BCUT2D eigenvalue weighted by Crippen LogP contribution is 2.41. The zero-order valence-corrected chi connectivity index (χ0v) is 23.6. The number of aromatic nitrogens is 2. The van der Waals surface area contributed by atoms with E-state index >= 15 is 0 Å². The quantitative estimate of drug-likeness (QED) is 0.410. The predicted octanol–water partition coefficient (Wildman–Crippen LogP) is 5.13. The molecular weight excluding hydrogens is 493 g/mol. The number of carbonyl (C=O) groups excluding carboxylic acids is 2. The second kappa shape index (κ2) is 10.4. The lowest BCUT2D eigenvalue weighted by Gasteiger charge is -2.32. The normalized spacial score (nSPS) is 22.8. The number of rotatable bonds is 7. The van der Waals surface area contributed by atoms with Gasteiger partial charge in [0.2, 0.25) is 0 Å². The van der Waals surface area contributed by atoms with Crippen molar-refractivity contribution in [3.8, 4) is 5.75 Å². The molecule has 0 spiro atoms. The van der Waals surface area contributed by atoms with Crippen molar-refractivity contribution in [1.29, 1.82) is 0 Å². The molecule has 3 atom stereocenters. The average molecular weight is 531 g/mol. The molecule has 1 amide bonds. The summed E-state index contributed by atoms with van der Waals surface area (Å²) in [6, 6.07) is 14.2. The van der Waals surface area contributed by atoms with Crippen molar-refractivity contribution in [2.75, 3.05) is 0 Å². The molecule has 2 heterocycles. The molecule has 2 aliphatic rings. The van der Waals surface area contributed by atoms with E-state index in [1.165, 1.54) is 0 Å². The Kier molecular flexibility index (Phi) is 7.33. The minimum absolute atomic E-state index is 0.0240. The minimum atomic E-state index is -0.647. The van der Waals surface area contributed by atoms with Crippen molar-refractivity contribution in [3.05, 3.63) is 54.4 Å². The van der Waals surface area contributed by atoms with Crippen molar-refractivity contribution < 1.29 is 23.6 Å². The van der Waals surface area contributed by atoms with Gasteiger partial charge in [-0.05, 0) is 76.2 Å². The van der Waals surface area contributed by atoms with E-state index in [-0.39, 0.29) is 23.5 Å². The number of hydrogen-bond donors (Lipinski definition) is 2. The van der Waals surface area contributed by atoms with Crippen LogP contribution in [0.1, 0.15) is 72.5 Å². The van der Waals surface area contributed by atoms with Crippen LogP contribution in [0.4, 0.5) is 4.79 Å². The smallest absolute Gasteiger partial charge is 0.410 e. The van der Waals surface area contributed by atoms with Crippen LogP contribution >= 0.6 is 0 Å². The minimum Gasteiger partial charge on any atom is -0.410 e. The number of H-pyrrole nitrogens is 1. The maximum absolute atomic E-state index is 13.8. The molecule has 5 rings (SSSR count). The van der Waals surface area contributed by atoms with Gasteiger partial charge < -0.3 is 24.3 Å². The third-order valence-electron chi connectivity index (χ3n) is 8.48. The maximum Gasteiger partial charge on any atom is 0.494 e. The Labute approximate surface area is 230 Å². The fourth-order valence-electron chi connectivity index (χ4n) is 5.53. The fourth-order valence-corrected chi connectivity index (χ4v) is 5.53. The van der Waals surface area contributed by atoms with Gasteiger partial charge >= 0.3 is 13.2 Å². The number of benzene rings is 2. The van der Waals surface area contributed by atoms with Crippen molar-refractivity contribution in [1.82, 2.24) is 15.3 Å². The molecular formula is C30H38BN3O5. The van der Waals surface area contributed by atoms with Gasteiger partial charge in [0.05, 0.1) is 28.3 Å². The summed E-state index contributed by atoms with van der Waals surface area (Å²) < 4.78 is 17.8. The van der Waals surface area contributed by atoms with Gasteiger partial charge in [-0.15, -0.1) is 0 Å². The number of Topliss-reactive ketones (excluding diaryl/α,β-unsaturated/α-hetero) is 1. The average Bonchev–Trinajstić information content (AvgIpc) is 3.57. The van der Waals surface area contributed by atoms with Gasteiger partial charge in [0, 0.05) is 11.8 Å². The number of nitrogens with zero attached hydrogens (tertiary/aromatic N) is 1. The Bertz CT molecular complexity index is 1340. The number of aromatic amines is 1. The zero-order valence-electron chi connectivity index (χ0n) is 23.6. The SMILES string of the molecule is CC(C)[C@H](NC(=O)Oc1ccccc1)C(=O)C1CCC[C@H]1c1nc2ccc(B3OC(C)(C)C(C)(C)O3)cc2[nH]1. The molecule has 206 valence electrons. The highest BCUT2D eigenvalue weighted by Gasteiger charge is 2.51. The number of ether oxygens (including phenoxy) is 1. The van der Waals surface area contributed by atoms with E-state index in [1.54, 1.807) is 24.3 Å². The van der Waals surface area contributed by atoms with Crippen LogP contribution < -0.4 is 15.5 Å². The van der Waals surface area contributed by atoms with Gasteiger partial charge in [-0.1, -0.05) is 44.5 Å². The first-order chi connectivity index (χ1) is 18.4. The Hall–Kier alpha value is -3.17. The predicted molar refractivity (Wildman–Crippen MR) is 151 cm³/mol. The highest BCUT2D eigenvalue weighted by atomic mass is 16.7. The maximum atomic E-state index is 13.8. The number of carbonyl (C=O) groups is 2. The van der Waals surface area contributed by atoms with Crippen LogP contribution in [0.25, 0.3) is 11.0 Å². The Morgan fingerprint density at radius 1 is 1.05 bits per heavy atom. The fraction of sp³-hybridized carbons (Fsp3) is 0.500. The van der Waals surface area contributed by atoms with Crippen LogP contribution in [-0.4, -0.2) is 46.2 Å². The molecule has 2 fully saturated rings. The van der Waals surface area contributed by atoms with E-state index < -0.39 is 30.5 Å². The summed E-state index contributed by atoms with van der Waals surface area (Å²) in [4.78, 5) is 34.7. The van der Waals surface area contributed by atoms with Crippen LogP contribution in [0.5, 0.6) is 5.75 Å². The lowest BCUT2D eigenvalue weighted by atomic mass is 9.79. The second-order valence-corrected chi connectivity index (χ2v) is 12.1. The van der Waals surface area contributed by atoms with Crippen LogP contribution in [-0.2, 0) is 14.1 Å². The van der Waals surface area contributed by atoms with Crippen LogP contribution in [0, 0.1) is 11.8 Å². The Morgan fingerprint density at radius 3 is 2.41 bits per heavy atom. The number of ketones is 1. The number of nitrogens with one attached hydrogen (secondary N) is 2. The van der Waals surface area contributed by atoms with Crippen molar-refractivity contribution in [2.45, 2.75) is 84.0 Å². The third kappa shape index (κ3) is 5.47. The van der Waals surface area contributed by atoms with E-state index in [9.17, 15) is 9.59 Å². The number of amides is 1. The summed E-state index contributed by atoms with van der Waals surface area (Å²) in [7, 11) is -0.458. The van der Waals surface area contributed by atoms with Gasteiger partial charge in [-0.2, -0.15) is 0 Å². The molecule has 1 aliphatic carbocycles. The van der Waals surface area contributed by atoms with Crippen LogP contribution in [0.2, 0.25) is 0 Å². The summed E-state index contributed by atoms with van der Waals surface area (Å²) in [5.74, 6) is 0.902. The van der Waals surface area contributed by atoms with Crippen molar-refractivity contribution in [2.24, 2.45) is 11.8 Å². The van der Waals surface area contributed by atoms with E-state index in [1.807, 2.05) is 65.8 Å². The van der Waals surface area contributed by atoms with E-state index in [4.69, 9.17) is 19.0 Å². The lowest BCUT2D eigenvalue weighted by molar-refractivity contribution is -0.126. The lowest BCUT2D eigenvalue weighted by Crippen LogP contribution is -2.48. The molecule has 0 bridgehead atoms. The second-order valence-electron chi connectivity index (χ2n) is 12.1. The molecule has 39 heavy (non-hydrogen) atoms. The zero-order chi connectivity index (χ0) is 27.9. The summed E-state index contributed by atoms with van der Waals surface area (Å²) in [5.41, 5.74) is 1.82. The number of para-hydroxylation sites is 1. The molecule has 3 aromatic rings. The topological polar surface area (TPSA) is 103 Å². The van der Waals surface area contributed by atoms with Gasteiger partial charge in [-0.3, -0.25) is 4.79 Å². The summed E-state index contributed by atoms with van der Waals surface area (Å²) in [5, 5.41) is 2.82. The summed E-state index contributed by atoms with van der Waals surface area (Å²) in [6.07, 6.45) is 1.93. The van der Waals surface area contributed by atoms with Gasteiger partial charge in [-0.25, -0.2) is 9.78 Å². The van der Waals surface area contributed by atoms with Crippen LogP contribution in [0.3, 0.4) is 0 Å². The van der Waals surface area contributed by atoms with Crippen molar-refractivity contribution >= 4 is 35.5 Å². The summed E-state index contributed by atoms with van der Waals surface area (Å²) in [6.45, 7) is 12.0. The standard InChI is InChI=1S/C30H38BN3O5/c1-18(2)25(34-28(36)37-20-11-8-7-9-12-20)26(35)21-13-10-14-22(21)27-32-23-16-15-19(17-24(23)33-27)31-38-29(3,4)30(5,6)39-31/h7-9,11-12,15-18,21-22,25H,10,13-14H2,1-6H3,(H,32,33)(H,34,36)/t21?,22-,25+/m1/s1. The first kappa shape index (κ1) is 27.4. The first-order valence-corrected chi connectivity index (χ1v) is 13.9. The molecule has 1 aromatic heterocycles. The first-order valence-electron chi connectivity index (χ1n) is 13.9. The third-order valence-corrected chi connectivity index (χ3v) is 8.48. The van der Waals surface area contributed by atoms with E-state index in [0.29, 0.717) is 5.75 Å². The number of fused-ring (bicyclic) bond motifs is 1. The van der Waals surface area contributed by atoms with E-state index in [0.717, 1.165) is 41.6 Å². The molecule has 0 radical (unpaired) electrons. The Balaban J connectivity index is 1.32.